The highest BCUT2D eigenvalue weighted by atomic mass is 16.5. The minimum Gasteiger partial charge on any atom is -0.480 e. The number of carbonyl (C=O) groups is 3. The maximum absolute atomic E-state index is 12.2. The zero-order valence-electron chi connectivity index (χ0n) is 11.7. The van der Waals surface area contributed by atoms with Crippen LogP contribution >= 0.6 is 0 Å². The summed E-state index contributed by atoms with van der Waals surface area (Å²) < 4.78 is 6.32. The average molecular weight is 294 g/mol. The van der Waals surface area contributed by atoms with E-state index in [2.05, 4.69) is 10.1 Å². The molecule has 2 N–H and O–H groups in total. The molecule has 0 spiro atoms. The van der Waals surface area contributed by atoms with Gasteiger partial charge in [0.15, 0.2) is 0 Å². The summed E-state index contributed by atoms with van der Waals surface area (Å²) in [5, 5.41) is 11.6. The van der Waals surface area contributed by atoms with Gasteiger partial charge in [-0.2, -0.15) is 0 Å². The number of carboxylic acids is 1. The van der Waals surface area contributed by atoms with Crippen molar-refractivity contribution in [2.45, 2.75) is 37.8 Å². The second-order valence-corrected chi connectivity index (χ2v) is 5.01. The van der Waals surface area contributed by atoms with Gasteiger partial charge in [0, 0.05) is 18.7 Å². The van der Waals surface area contributed by atoms with Gasteiger partial charge in [-0.05, 0) is 31.4 Å². The van der Waals surface area contributed by atoms with Crippen LogP contribution in [-0.4, -0.2) is 40.7 Å². The van der Waals surface area contributed by atoms with Crippen molar-refractivity contribution in [2.24, 2.45) is 0 Å². The van der Waals surface area contributed by atoms with Crippen LogP contribution in [0.2, 0.25) is 0 Å². The Morgan fingerprint density at radius 1 is 1.48 bits per heavy atom. The van der Waals surface area contributed by atoms with Crippen LogP contribution in [-0.2, 0) is 14.3 Å². The highest BCUT2D eigenvalue weighted by Gasteiger charge is 2.28. The molecule has 1 aliphatic carbocycles. The smallest absolute Gasteiger partial charge is 0.326 e. The summed E-state index contributed by atoms with van der Waals surface area (Å²) in [5.74, 6) is -2.11. The van der Waals surface area contributed by atoms with Gasteiger partial charge in [-0.3, -0.25) is 9.59 Å². The van der Waals surface area contributed by atoms with Crippen molar-refractivity contribution in [3.8, 4) is 0 Å². The third-order valence-corrected chi connectivity index (χ3v) is 3.42. The largest absolute Gasteiger partial charge is 0.480 e. The summed E-state index contributed by atoms with van der Waals surface area (Å²) in [7, 11) is 1.24. The fraction of sp³-hybridized carbons (Fsp3) is 0.500. The Morgan fingerprint density at radius 2 is 2.19 bits per heavy atom. The molecule has 114 valence electrons. The Labute approximate surface area is 121 Å². The van der Waals surface area contributed by atoms with Crippen molar-refractivity contribution in [3.05, 3.63) is 24.0 Å². The molecule has 1 heterocycles. The number of esters is 1. The van der Waals surface area contributed by atoms with Crippen LogP contribution in [0.5, 0.6) is 0 Å². The summed E-state index contributed by atoms with van der Waals surface area (Å²) in [6, 6.07) is 2.64. The van der Waals surface area contributed by atoms with Gasteiger partial charge < -0.3 is 19.7 Å². The van der Waals surface area contributed by atoms with E-state index in [1.54, 1.807) is 12.1 Å². The van der Waals surface area contributed by atoms with Crippen LogP contribution in [0.3, 0.4) is 0 Å². The number of carbonyl (C=O) groups excluding carboxylic acids is 2. The lowest BCUT2D eigenvalue weighted by atomic mass is 10.1. The predicted molar refractivity (Wildman–Crippen MR) is 72.8 cm³/mol. The summed E-state index contributed by atoms with van der Waals surface area (Å²) >= 11 is 0. The van der Waals surface area contributed by atoms with E-state index in [0.29, 0.717) is 11.7 Å². The van der Waals surface area contributed by atoms with Crippen molar-refractivity contribution in [1.29, 1.82) is 0 Å². The molecule has 0 saturated heterocycles. The third kappa shape index (κ3) is 3.84. The first-order chi connectivity index (χ1) is 10.0. The number of hydrogen-bond acceptors (Lipinski definition) is 4. The van der Waals surface area contributed by atoms with Crippen molar-refractivity contribution in [1.82, 2.24) is 9.88 Å². The second kappa shape index (κ2) is 6.43. The molecule has 21 heavy (non-hydrogen) atoms. The summed E-state index contributed by atoms with van der Waals surface area (Å²) in [6.45, 7) is 0. The summed E-state index contributed by atoms with van der Waals surface area (Å²) in [5.41, 5.74) is 0.446. The molecule has 1 amide bonds. The standard InChI is InChI=1S/C14H18N2O5/c1-21-12(17)7-6-10(14(19)20)15-13(18)11-3-2-8-16(11)9-4-5-9/h2-3,8-10H,4-7H2,1H3,(H,15,18)(H,19,20). The molecular formula is C14H18N2O5. The lowest BCUT2D eigenvalue weighted by Crippen LogP contribution is -2.41. The zero-order valence-corrected chi connectivity index (χ0v) is 11.7. The van der Waals surface area contributed by atoms with E-state index in [1.807, 2.05) is 10.8 Å². The molecule has 0 aliphatic heterocycles. The average Bonchev–Trinajstić information content (AvgIpc) is 3.19. The lowest BCUT2D eigenvalue weighted by molar-refractivity contribution is -0.142. The SMILES string of the molecule is COC(=O)CCC(NC(=O)c1cccn1C1CC1)C(=O)O. The van der Waals surface area contributed by atoms with E-state index in [-0.39, 0.29) is 12.8 Å². The number of aliphatic carboxylic acids is 1. The molecular weight excluding hydrogens is 276 g/mol. The summed E-state index contributed by atoms with van der Waals surface area (Å²) in [6.07, 6.45) is 3.81. The number of nitrogens with one attached hydrogen (secondary N) is 1. The van der Waals surface area contributed by atoms with Gasteiger partial charge in [0.05, 0.1) is 7.11 Å². The van der Waals surface area contributed by atoms with Crippen LogP contribution in [0.1, 0.15) is 42.2 Å². The first-order valence-corrected chi connectivity index (χ1v) is 6.80. The third-order valence-electron chi connectivity index (χ3n) is 3.42. The fourth-order valence-electron chi connectivity index (χ4n) is 2.11. The van der Waals surface area contributed by atoms with Crippen LogP contribution in [0.4, 0.5) is 0 Å². The van der Waals surface area contributed by atoms with E-state index in [1.165, 1.54) is 7.11 Å². The number of amides is 1. The van der Waals surface area contributed by atoms with Crippen LogP contribution in [0, 0.1) is 0 Å². The van der Waals surface area contributed by atoms with Crippen molar-refractivity contribution < 1.29 is 24.2 Å². The molecule has 1 fully saturated rings. The highest BCUT2D eigenvalue weighted by Crippen LogP contribution is 2.35. The van der Waals surface area contributed by atoms with E-state index in [9.17, 15) is 14.4 Å². The number of nitrogens with zero attached hydrogens (tertiary/aromatic N) is 1. The quantitative estimate of drug-likeness (QED) is 0.730. The molecule has 1 aliphatic rings. The molecule has 7 nitrogen and oxygen atoms in total. The fourth-order valence-corrected chi connectivity index (χ4v) is 2.11. The molecule has 0 bridgehead atoms. The highest BCUT2D eigenvalue weighted by molar-refractivity contribution is 5.95. The van der Waals surface area contributed by atoms with Crippen molar-refractivity contribution in [2.75, 3.05) is 7.11 Å². The Bertz CT molecular complexity index is 547. The van der Waals surface area contributed by atoms with Gasteiger partial charge in [-0.25, -0.2) is 4.79 Å². The summed E-state index contributed by atoms with van der Waals surface area (Å²) in [4.78, 5) is 34.4. The van der Waals surface area contributed by atoms with Gasteiger partial charge in [0.1, 0.15) is 11.7 Å². The van der Waals surface area contributed by atoms with Gasteiger partial charge in [0.2, 0.25) is 0 Å². The molecule has 1 aromatic rings. The van der Waals surface area contributed by atoms with E-state index >= 15 is 0 Å². The first-order valence-electron chi connectivity index (χ1n) is 6.80. The van der Waals surface area contributed by atoms with E-state index in [4.69, 9.17) is 5.11 Å². The first kappa shape index (κ1) is 15.1. The number of aromatic nitrogens is 1. The van der Waals surface area contributed by atoms with Gasteiger partial charge in [0.25, 0.3) is 5.91 Å². The number of hydrogen-bond donors (Lipinski definition) is 2. The van der Waals surface area contributed by atoms with Crippen LogP contribution in [0.15, 0.2) is 18.3 Å². The second-order valence-electron chi connectivity index (χ2n) is 5.01. The molecule has 1 saturated carbocycles. The van der Waals surface area contributed by atoms with E-state index < -0.39 is 23.9 Å². The number of methoxy groups -OCH3 is 1. The minimum atomic E-state index is -1.17. The molecule has 0 radical (unpaired) electrons. The number of rotatable bonds is 7. The van der Waals surface area contributed by atoms with Crippen molar-refractivity contribution >= 4 is 17.8 Å². The predicted octanol–water partition coefficient (Wildman–Crippen LogP) is 0.959. The molecule has 2 rings (SSSR count). The number of carboxylic acid groups (broad SMARTS) is 1. The lowest BCUT2D eigenvalue weighted by Gasteiger charge is -2.15. The molecule has 7 heteroatoms. The zero-order chi connectivity index (χ0) is 15.4. The van der Waals surface area contributed by atoms with Crippen LogP contribution < -0.4 is 5.32 Å². The van der Waals surface area contributed by atoms with Gasteiger partial charge in [-0.15, -0.1) is 0 Å². The van der Waals surface area contributed by atoms with E-state index in [0.717, 1.165) is 12.8 Å². The Kier molecular flexibility index (Phi) is 4.62. The molecule has 1 atom stereocenters. The minimum absolute atomic E-state index is 0.00210. The Morgan fingerprint density at radius 3 is 2.76 bits per heavy atom. The maximum Gasteiger partial charge on any atom is 0.326 e. The molecule has 1 unspecified atom stereocenters. The van der Waals surface area contributed by atoms with Crippen LogP contribution in [0.25, 0.3) is 0 Å². The Balaban J connectivity index is 1.98. The van der Waals surface area contributed by atoms with Crippen molar-refractivity contribution in [3.63, 3.8) is 0 Å². The normalized spacial score (nSPS) is 15.3. The maximum atomic E-state index is 12.2. The molecule has 1 aromatic heterocycles. The van der Waals surface area contributed by atoms with Gasteiger partial charge >= 0.3 is 11.9 Å². The monoisotopic (exact) mass is 294 g/mol. The molecule has 0 aromatic carbocycles. The Hall–Kier alpha value is -2.31. The topological polar surface area (TPSA) is 97.6 Å². The number of ether oxygens (including phenoxy) is 1. The van der Waals surface area contributed by atoms with Gasteiger partial charge in [-0.1, -0.05) is 0 Å².